The highest BCUT2D eigenvalue weighted by molar-refractivity contribution is 5.63. The number of likely N-dealkylation sites (tertiary alicyclic amines) is 1. The molecule has 1 fully saturated rings. The van der Waals surface area contributed by atoms with E-state index in [0.717, 1.165) is 30.8 Å². The molecule has 1 aliphatic heterocycles. The van der Waals surface area contributed by atoms with Crippen LogP contribution in [0.25, 0.3) is 22.6 Å². The monoisotopic (exact) mass is 384 g/mol. The predicted molar refractivity (Wildman–Crippen MR) is 110 cm³/mol. The molecule has 3 aromatic heterocycles. The van der Waals surface area contributed by atoms with Gasteiger partial charge in [0.1, 0.15) is 5.82 Å². The molecule has 0 unspecified atom stereocenters. The van der Waals surface area contributed by atoms with E-state index < -0.39 is 0 Å². The summed E-state index contributed by atoms with van der Waals surface area (Å²) in [5.41, 5.74) is 3.46. The van der Waals surface area contributed by atoms with E-state index in [-0.39, 0.29) is 5.56 Å². The van der Waals surface area contributed by atoms with E-state index in [2.05, 4.69) is 37.1 Å². The summed E-state index contributed by atoms with van der Waals surface area (Å²) in [6.45, 7) is 2.91. The average Bonchev–Trinajstić information content (AvgIpc) is 3.25. The Balaban J connectivity index is 1.29. The van der Waals surface area contributed by atoms with Crippen molar-refractivity contribution in [2.24, 2.45) is 0 Å². The lowest BCUT2D eigenvalue weighted by molar-refractivity contribution is 0.0909. The van der Waals surface area contributed by atoms with E-state index in [1.54, 1.807) is 12.4 Å². The third-order valence-electron chi connectivity index (χ3n) is 5.19. The van der Waals surface area contributed by atoms with Gasteiger partial charge >= 0.3 is 0 Å². The first-order chi connectivity index (χ1) is 14.2. The van der Waals surface area contributed by atoms with Crippen molar-refractivity contribution in [1.82, 2.24) is 29.6 Å². The third-order valence-corrected chi connectivity index (χ3v) is 5.19. The maximum absolute atomic E-state index is 12.1. The molecule has 0 saturated carbocycles. The van der Waals surface area contributed by atoms with E-state index in [9.17, 15) is 4.79 Å². The van der Waals surface area contributed by atoms with Gasteiger partial charge in [-0.25, -0.2) is 4.98 Å². The first kappa shape index (κ1) is 17.5. The highest BCUT2D eigenvalue weighted by atomic mass is 16.1. The molecule has 29 heavy (non-hydrogen) atoms. The number of rotatable bonds is 5. The molecule has 0 spiro atoms. The van der Waals surface area contributed by atoms with Crippen LogP contribution in [0.2, 0.25) is 0 Å². The quantitative estimate of drug-likeness (QED) is 0.572. The SMILES string of the molecule is O=c1cc(-c2ccncc2)nc(-c2ccc(CN3CC(n4cccn4)C3)cc2)[nH]1. The summed E-state index contributed by atoms with van der Waals surface area (Å²) >= 11 is 0. The highest BCUT2D eigenvalue weighted by Gasteiger charge is 2.28. The van der Waals surface area contributed by atoms with Crippen molar-refractivity contribution in [3.05, 3.63) is 89.2 Å². The van der Waals surface area contributed by atoms with E-state index >= 15 is 0 Å². The minimum Gasteiger partial charge on any atom is -0.306 e. The highest BCUT2D eigenvalue weighted by Crippen LogP contribution is 2.24. The third kappa shape index (κ3) is 3.72. The van der Waals surface area contributed by atoms with E-state index in [1.165, 1.54) is 11.6 Å². The van der Waals surface area contributed by atoms with Crippen LogP contribution >= 0.6 is 0 Å². The van der Waals surface area contributed by atoms with Crippen molar-refractivity contribution in [1.29, 1.82) is 0 Å². The van der Waals surface area contributed by atoms with Gasteiger partial charge in [-0.05, 0) is 23.8 Å². The minimum absolute atomic E-state index is 0.170. The van der Waals surface area contributed by atoms with E-state index in [4.69, 9.17) is 0 Å². The molecular formula is C22H20N6O. The molecule has 1 aromatic carbocycles. The van der Waals surface area contributed by atoms with Crippen molar-refractivity contribution in [2.75, 3.05) is 13.1 Å². The Morgan fingerprint density at radius 3 is 2.52 bits per heavy atom. The number of pyridine rings is 1. The standard InChI is InChI=1S/C22H20N6O/c29-21-12-20(17-6-9-23-10-7-17)25-22(26-21)18-4-2-16(3-5-18)13-27-14-19(15-27)28-11-1-8-24-28/h1-12,19H,13-15H2,(H,25,26,29). The largest absolute Gasteiger partial charge is 0.306 e. The number of hydrogen-bond acceptors (Lipinski definition) is 5. The number of H-pyrrole nitrogens is 1. The second-order valence-electron chi connectivity index (χ2n) is 7.25. The zero-order valence-electron chi connectivity index (χ0n) is 15.8. The Labute approximate surface area is 167 Å². The fourth-order valence-corrected chi connectivity index (χ4v) is 3.63. The Morgan fingerprint density at radius 1 is 1.00 bits per heavy atom. The molecule has 4 heterocycles. The Morgan fingerprint density at radius 2 is 1.79 bits per heavy atom. The molecule has 0 atom stereocenters. The molecule has 144 valence electrons. The van der Waals surface area contributed by atoms with Crippen molar-refractivity contribution in [3.8, 4) is 22.6 Å². The minimum atomic E-state index is -0.170. The van der Waals surface area contributed by atoms with Crippen LogP contribution < -0.4 is 5.56 Å². The maximum atomic E-state index is 12.1. The maximum Gasteiger partial charge on any atom is 0.251 e. The first-order valence-electron chi connectivity index (χ1n) is 9.57. The Kier molecular flexibility index (Phi) is 4.50. The van der Waals surface area contributed by atoms with Crippen molar-refractivity contribution in [2.45, 2.75) is 12.6 Å². The topological polar surface area (TPSA) is 79.7 Å². The summed E-state index contributed by atoms with van der Waals surface area (Å²) in [5, 5.41) is 4.31. The van der Waals surface area contributed by atoms with Crippen LogP contribution in [0.1, 0.15) is 11.6 Å². The average molecular weight is 384 g/mol. The van der Waals surface area contributed by atoms with Gasteiger partial charge < -0.3 is 4.98 Å². The zero-order valence-corrected chi connectivity index (χ0v) is 15.8. The van der Waals surface area contributed by atoms with E-state index in [0.29, 0.717) is 17.6 Å². The van der Waals surface area contributed by atoms with Crippen LogP contribution in [0.3, 0.4) is 0 Å². The zero-order chi connectivity index (χ0) is 19.6. The number of aromatic amines is 1. The lowest BCUT2D eigenvalue weighted by Crippen LogP contribution is -2.47. The summed E-state index contributed by atoms with van der Waals surface area (Å²) in [5.74, 6) is 0.568. The molecule has 1 saturated heterocycles. The van der Waals surface area contributed by atoms with Gasteiger partial charge in [-0.3, -0.25) is 19.4 Å². The molecule has 4 aromatic rings. The lowest BCUT2D eigenvalue weighted by Gasteiger charge is -2.39. The van der Waals surface area contributed by atoms with Gasteiger partial charge in [-0.1, -0.05) is 24.3 Å². The van der Waals surface area contributed by atoms with E-state index in [1.807, 2.05) is 47.4 Å². The van der Waals surface area contributed by atoms with Crippen LogP contribution in [0.5, 0.6) is 0 Å². The Hall–Kier alpha value is -3.58. The van der Waals surface area contributed by atoms with Crippen LogP contribution in [0.15, 0.2) is 78.1 Å². The molecule has 0 aliphatic carbocycles. The van der Waals surface area contributed by atoms with Crippen LogP contribution in [0.4, 0.5) is 0 Å². The molecule has 0 amide bonds. The summed E-state index contributed by atoms with van der Waals surface area (Å²) < 4.78 is 2.03. The summed E-state index contributed by atoms with van der Waals surface area (Å²) in [4.78, 5) is 26.0. The molecule has 0 radical (unpaired) electrons. The van der Waals surface area contributed by atoms with Crippen molar-refractivity contribution < 1.29 is 0 Å². The molecular weight excluding hydrogens is 364 g/mol. The number of benzene rings is 1. The number of nitrogens with one attached hydrogen (secondary N) is 1. The van der Waals surface area contributed by atoms with Gasteiger partial charge in [-0.2, -0.15) is 5.10 Å². The van der Waals surface area contributed by atoms with Gasteiger partial charge in [0.2, 0.25) is 0 Å². The normalized spacial score (nSPS) is 14.6. The second kappa shape index (κ2) is 7.44. The number of hydrogen-bond donors (Lipinski definition) is 1. The van der Waals surface area contributed by atoms with Crippen molar-refractivity contribution >= 4 is 0 Å². The lowest BCUT2D eigenvalue weighted by atomic mass is 10.1. The number of aromatic nitrogens is 5. The van der Waals surface area contributed by atoms with Gasteiger partial charge in [0.15, 0.2) is 0 Å². The molecule has 1 aliphatic rings. The van der Waals surface area contributed by atoms with Crippen LogP contribution in [0, 0.1) is 0 Å². The summed E-state index contributed by atoms with van der Waals surface area (Å²) in [6.07, 6.45) is 7.23. The van der Waals surface area contributed by atoms with Crippen molar-refractivity contribution in [3.63, 3.8) is 0 Å². The summed E-state index contributed by atoms with van der Waals surface area (Å²) in [6, 6.07) is 15.8. The molecule has 0 bridgehead atoms. The first-order valence-corrected chi connectivity index (χ1v) is 9.57. The fraction of sp³-hybridized carbons (Fsp3) is 0.182. The molecule has 5 rings (SSSR count). The molecule has 7 heteroatoms. The van der Waals surface area contributed by atoms with Crippen LogP contribution in [-0.4, -0.2) is 42.7 Å². The predicted octanol–water partition coefficient (Wildman–Crippen LogP) is 2.75. The number of nitrogens with zero attached hydrogens (tertiary/aromatic N) is 5. The van der Waals surface area contributed by atoms with Gasteiger partial charge in [0.25, 0.3) is 5.56 Å². The second-order valence-corrected chi connectivity index (χ2v) is 7.25. The fourth-order valence-electron chi connectivity index (χ4n) is 3.63. The summed E-state index contributed by atoms with van der Waals surface area (Å²) in [7, 11) is 0. The smallest absolute Gasteiger partial charge is 0.251 e. The van der Waals surface area contributed by atoms with Gasteiger partial charge in [-0.15, -0.1) is 0 Å². The Bertz CT molecular complexity index is 1150. The van der Waals surface area contributed by atoms with Gasteiger partial charge in [0.05, 0.1) is 11.7 Å². The van der Waals surface area contributed by atoms with Gasteiger partial charge in [0, 0.05) is 61.6 Å². The molecule has 1 N–H and O–H groups in total. The van der Waals surface area contributed by atoms with Crippen LogP contribution in [-0.2, 0) is 6.54 Å². The molecule has 7 nitrogen and oxygen atoms in total.